The number of amides is 3. The lowest BCUT2D eigenvalue weighted by atomic mass is 9.68. The van der Waals surface area contributed by atoms with E-state index in [-0.39, 0.29) is 69.9 Å². The van der Waals surface area contributed by atoms with Gasteiger partial charge in [-0.3, -0.25) is 24.1 Å². The van der Waals surface area contributed by atoms with E-state index >= 15 is 0 Å². The monoisotopic (exact) mass is 657 g/mol. The molecule has 2 aliphatic heterocycles. The molecular formula is C34H28FN3O6S2. The van der Waals surface area contributed by atoms with Crippen molar-refractivity contribution < 1.29 is 28.2 Å². The van der Waals surface area contributed by atoms with Gasteiger partial charge in [-0.15, -0.1) is 11.8 Å². The number of halogens is 1. The number of hydrogen-bond acceptors (Lipinski definition) is 8. The summed E-state index contributed by atoms with van der Waals surface area (Å²) in [5, 5.41) is 3.59. The third-order valence-electron chi connectivity index (χ3n) is 9.79. The number of ether oxygens (including phenoxy) is 2. The minimum Gasteiger partial charge on any atom is -0.497 e. The fraction of sp³-hybridized carbons (Fsp3) is 0.294. The number of methoxy groups -OCH3 is 1. The molecule has 2 bridgehead atoms. The molecule has 3 fully saturated rings. The van der Waals surface area contributed by atoms with Crippen LogP contribution in [0.15, 0.2) is 82.6 Å². The Hall–Kier alpha value is -4.42. The van der Waals surface area contributed by atoms with Gasteiger partial charge in [0.25, 0.3) is 5.91 Å². The Bertz CT molecular complexity index is 1910. The molecule has 3 amide bonds. The Morgan fingerprint density at radius 3 is 2.30 bits per heavy atom. The number of hydrogen-bond donors (Lipinski definition) is 2. The average molecular weight is 658 g/mol. The van der Waals surface area contributed by atoms with E-state index in [0.29, 0.717) is 22.9 Å². The van der Waals surface area contributed by atoms with Crippen molar-refractivity contribution >= 4 is 52.2 Å². The van der Waals surface area contributed by atoms with Gasteiger partial charge in [-0.1, -0.05) is 23.5 Å². The van der Waals surface area contributed by atoms with Crippen LogP contribution in [0, 0.1) is 35.4 Å². The van der Waals surface area contributed by atoms with Gasteiger partial charge in [0, 0.05) is 21.7 Å². The van der Waals surface area contributed by atoms with Crippen LogP contribution in [0.25, 0.3) is 0 Å². The summed E-state index contributed by atoms with van der Waals surface area (Å²) in [5.41, 5.74) is 2.02. The number of carbonyl (C=O) groups excluding carboxylic acids is 3. The molecule has 0 unspecified atom stereocenters. The van der Waals surface area contributed by atoms with Crippen LogP contribution in [0.5, 0.6) is 11.5 Å². The molecule has 4 aliphatic rings. The maximum Gasteiger partial charge on any atom is 0.305 e. The van der Waals surface area contributed by atoms with Crippen molar-refractivity contribution in [2.75, 3.05) is 23.9 Å². The molecule has 8 rings (SSSR count). The summed E-state index contributed by atoms with van der Waals surface area (Å²) in [6.45, 7) is -0.223. The van der Waals surface area contributed by atoms with Crippen molar-refractivity contribution in [3.8, 4) is 11.5 Å². The molecule has 1 saturated heterocycles. The van der Waals surface area contributed by atoms with Crippen LogP contribution in [0.3, 0.4) is 0 Å². The zero-order valence-corrected chi connectivity index (χ0v) is 26.1. The van der Waals surface area contributed by atoms with Gasteiger partial charge in [0.1, 0.15) is 17.3 Å². The highest BCUT2D eigenvalue weighted by Gasteiger charge is 2.69. The maximum absolute atomic E-state index is 14.0. The minimum absolute atomic E-state index is 0.00589. The summed E-state index contributed by atoms with van der Waals surface area (Å²) in [6.07, 6.45) is 0.797. The highest BCUT2D eigenvalue weighted by molar-refractivity contribution is 8.00. The summed E-state index contributed by atoms with van der Waals surface area (Å²) in [5.74, 6) is -0.726. The van der Waals surface area contributed by atoms with Gasteiger partial charge in [0.15, 0.2) is 6.61 Å². The normalized spacial score (nSPS) is 27.3. The molecule has 4 aromatic rings. The van der Waals surface area contributed by atoms with Gasteiger partial charge in [-0.05, 0) is 90.4 Å². The first-order valence-corrected chi connectivity index (χ1v) is 16.7. The van der Waals surface area contributed by atoms with Gasteiger partial charge in [-0.2, -0.15) is 0 Å². The third kappa shape index (κ3) is 4.65. The number of carbonyl (C=O) groups is 3. The molecule has 7 atom stereocenters. The number of imide groups is 1. The van der Waals surface area contributed by atoms with E-state index < -0.39 is 5.92 Å². The molecule has 46 heavy (non-hydrogen) atoms. The predicted octanol–water partition coefficient (Wildman–Crippen LogP) is 5.28. The van der Waals surface area contributed by atoms with Crippen LogP contribution < -0.4 is 24.6 Å². The molecular weight excluding hydrogens is 630 g/mol. The number of anilines is 2. The van der Waals surface area contributed by atoms with Crippen LogP contribution in [0.1, 0.15) is 22.8 Å². The van der Waals surface area contributed by atoms with E-state index in [4.69, 9.17) is 9.47 Å². The van der Waals surface area contributed by atoms with Gasteiger partial charge >= 0.3 is 4.87 Å². The first kappa shape index (κ1) is 29.0. The molecule has 3 heterocycles. The van der Waals surface area contributed by atoms with Crippen molar-refractivity contribution in [1.29, 1.82) is 0 Å². The zero-order valence-electron chi connectivity index (χ0n) is 24.5. The lowest BCUT2D eigenvalue weighted by Crippen LogP contribution is -2.42. The number of nitrogens with zero attached hydrogens (tertiary/aromatic N) is 1. The third-order valence-corrected chi connectivity index (χ3v) is 12.4. The Balaban J connectivity index is 1.05. The number of nitrogens with one attached hydrogen (secondary N) is 2. The molecule has 12 heteroatoms. The van der Waals surface area contributed by atoms with Crippen LogP contribution in [0.2, 0.25) is 0 Å². The van der Waals surface area contributed by atoms with Crippen LogP contribution in [-0.4, -0.2) is 41.7 Å². The zero-order chi connectivity index (χ0) is 31.7. The largest absolute Gasteiger partial charge is 0.497 e. The summed E-state index contributed by atoms with van der Waals surface area (Å²) in [4.78, 5) is 58.0. The number of H-pyrrole nitrogens is 1. The van der Waals surface area contributed by atoms with E-state index in [1.54, 1.807) is 55.3 Å². The number of benzene rings is 3. The lowest BCUT2D eigenvalue weighted by molar-refractivity contribution is -0.123. The van der Waals surface area contributed by atoms with Gasteiger partial charge in [0.05, 0.1) is 29.7 Å². The molecule has 3 aromatic carbocycles. The molecule has 2 aliphatic carbocycles. The van der Waals surface area contributed by atoms with E-state index in [9.17, 15) is 23.6 Å². The van der Waals surface area contributed by atoms with Crippen molar-refractivity contribution in [2.24, 2.45) is 29.6 Å². The van der Waals surface area contributed by atoms with E-state index in [2.05, 4.69) is 10.3 Å². The number of fused-ring (bicyclic) bond motifs is 9. The Morgan fingerprint density at radius 2 is 1.61 bits per heavy atom. The number of rotatable bonds is 7. The predicted molar refractivity (Wildman–Crippen MR) is 171 cm³/mol. The standard InChI is InChI=1S/C34H28FN3O6S2/c1-43-20-12-8-19(9-13-20)38-32(40)27-22-14-23(28(27)33(38)41)29-26(22)25(30-31(45-29)37-34(42)46-30)16-2-10-21(11-3-16)44-15-24(39)36-18-6-4-17(35)5-7-18/h2-13,22-23,25-29H,14-15H2,1H3,(H,36,39)(H,37,42)/t22-,23-,25+,26-,27+,28+,29-/m1/s1. The fourth-order valence-electron chi connectivity index (χ4n) is 8.03. The topological polar surface area (TPSA) is 118 Å². The van der Waals surface area contributed by atoms with Crippen LogP contribution in [-0.2, 0) is 14.4 Å². The minimum atomic E-state index is -0.400. The Labute approximate surface area is 271 Å². The lowest BCUT2D eigenvalue weighted by Gasteiger charge is -2.43. The van der Waals surface area contributed by atoms with E-state index in [1.165, 1.54) is 40.5 Å². The van der Waals surface area contributed by atoms with Gasteiger partial charge in [0.2, 0.25) is 11.8 Å². The van der Waals surface area contributed by atoms with E-state index in [1.807, 2.05) is 12.1 Å². The summed E-state index contributed by atoms with van der Waals surface area (Å²) >= 11 is 2.85. The molecule has 2 N–H and O–H groups in total. The molecule has 9 nitrogen and oxygen atoms in total. The summed E-state index contributed by atoms with van der Waals surface area (Å²) in [6, 6.07) is 20.0. The average Bonchev–Trinajstić information content (AvgIpc) is 3.80. The van der Waals surface area contributed by atoms with Crippen LogP contribution in [0.4, 0.5) is 15.8 Å². The second kappa shape index (κ2) is 11.1. The SMILES string of the molecule is COc1ccc(N2C(=O)[C@H]3[C@H]4C[C@@H]([C@@H]3C2=O)[C@@H]2[C@H](c3ccc(OCC(=O)Nc5ccc(F)cc5)cc3)c3sc(=O)[nH]c3S[C@H]42)cc1. The summed E-state index contributed by atoms with van der Waals surface area (Å²) in [7, 11) is 1.57. The first-order chi connectivity index (χ1) is 22.3. The van der Waals surface area contributed by atoms with E-state index in [0.717, 1.165) is 21.9 Å². The molecule has 0 radical (unpaired) electrons. The number of thioether (sulfide) groups is 1. The maximum atomic E-state index is 14.0. The van der Waals surface area contributed by atoms with Gasteiger partial charge in [-0.25, -0.2) is 4.39 Å². The summed E-state index contributed by atoms with van der Waals surface area (Å²) < 4.78 is 24.1. The quantitative estimate of drug-likeness (QED) is 0.260. The first-order valence-electron chi connectivity index (χ1n) is 15.0. The highest BCUT2D eigenvalue weighted by atomic mass is 32.2. The van der Waals surface area contributed by atoms with Crippen LogP contribution >= 0.6 is 23.1 Å². The van der Waals surface area contributed by atoms with Crippen molar-refractivity contribution in [2.45, 2.75) is 22.6 Å². The second-order valence-corrected chi connectivity index (χ2v) is 14.3. The van der Waals surface area contributed by atoms with Gasteiger partial charge < -0.3 is 19.8 Å². The highest BCUT2D eigenvalue weighted by Crippen LogP contribution is 2.68. The molecule has 2 saturated carbocycles. The smallest absolute Gasteiger partial charge is 0.305 e. The molecule has 1 aromatic heterocycles. The van der Waals surface area contributed by atoms with Crippen molar-refractivity contribution in [1.82, 2.24) is 4.98 Å². The fourth-order valence-corrected chi connectivity index (χ4v) is 10.9. The number of aromatic nitrogens is 1. The molecule has 234 valence electrons. The van der Waals surface area contributed by atoms with Crippen molar-refractivity contribution in [3.63, 3.8) is 0 Å². The van der Waals surface area contributed by atoms with Crippen molar-refractivity contribution in [3.05, 3.63) is 98.7 Å². The Kier molecular flexibility index (Phi) is 7.02. The number of aromatic amines is 1. The molecule has 0 spiro atoms. The Morgan fingerprint density at radius 1 is 0.935 bits per heavy atom. The second-order valence-electron chi connectivity index (χ2n) is 12.1. The number of thiazole rings is 1.